The van der Waals surface area contributed by atoms with Crippen LogP contribution in [0.4, 0.5) is 18.2 Å². The molecule has 10 nitrogen and oxygen atoms in total. The van der Waals surface area contributed by atoms with E-state index in [1.807, 2.05) is 0 Å². The normalized spacial score (nSPS) is 14.2. The number of amides is 2. The molecular weight excluding hydrogens is 731 g/mol. The lowest BCUT2D eigenvalue weighted by molar-refractivity contribution is -0.137. The van der Waals surface area contributed by atoms with Crippen LogP contribution in [0.3, 0.4) is 0 Å². The molecule has 0 saturated heterocycles. The van der Waals surface area contributed by atoms with Crippen molar-refractivity contribution in [3.63, 3.8) is 0 Å². The molecule has 2 N–H and O–H groups in total. The van der Waals surface area contributed by atoms with Crippen LogP contribution < -0.4 is 15.5 Å². The first-order valence-electron chi connectivity index (χ1n) is 17.5. The van der Waals surface area contributed by atoms with Crippen LogP contribution in [0.25, 0.3) is 0 Å². The Kier molecular flexibility index (Phi) is 15.7. The second-order valence-corrected chi connectivity index (χ2v) is 15.5. The average molecular weight is 780 g/mol. The zero-order valence-electron chi connectivity index (χ0n) is 30.9. The number of benzene rings is 2. The number of nitrogens with one attached hydrogen (secondary N) is 2. The molecule has 1 heterocycles. The standard InChI is InChI=1S/C38H49ClF3N5O5S/c1-37(2)13-12-29-32(24-37)53-36(33(29)35(49)45-43-25-26-10-11-31(39)30(22-26)38(40,41)42)44-34(48)27-8-6-9-28(23-27)52-21-20-51-19-18-50-17-16-47(5)15-7-14-46(3)4/h6,8-11,22-23,25H,7,12-21,24H2,1-5H3,(H,44,48)(H,45,49)/b43-25+. The first-order valence-corrected chi connectivity index (χ1v) is 18.7. The first kappa shape index (κ1) is 42.2. The third kappa shape index (κ3) is 13.4. The van der Waals surface area contributed by atoms with Crippen LogP contribution in [0.1, 0.15) is 69.0 Å². The highest BCUT2D eigenvalue weighted by Crippen LogP contribution is 2.44. The summed E-state index contributed by atoms with van der Waals surface area (Å²) in [6.07, 6.45) is -0.225. The predicted octanol–water partition coefficient (Wildman–Crippen LogP) is 7.25. The second kappa shape index (κ2) is 19.7. The molecule has 290 valence electrons. The van der Waals surface area contributed by atoms with Gasteiger partial charge in [-0.1, -0.05) is 37.6 Å². The molecule has 1 aliphatic carbocycles. The Hall–Kier alpha value is -3.53. The van der Waals surface area contributed by atoms with E-state index in [-0.39, 0.29) is 17.6 Å². The van der Waals surface area contributed by atoms with E-state index < -0.39 is 28.6 Å². The lowest BCUT2D eigenvalue weighted by Gasteiger charge is -2.29. The molecule has 1 aliphatic rings. The number of ether oxygens (including phenoxy) is 3. The van der Waals surface area contributed by atoms with Crippen molar-refractivity contribution in [1.82, 2.24) is 15.2 Å². The maximum atomic E-state index is 13.5. The van der Waals surface area contributed by atoms with Gasteiger partial charge in [0.25, 0.3) is 11.8 Å². The number of carbonyl (C=O) groups excluding carboxylic acids is 2. The van der Waals surface area contributed by atoms with Crippen LogP contribution in [0.2, 0.25) is 5.02 Å². The van der Waals surface area contributed by atoms with Gasteiger partial charge in [-0.05, 0) is 107 Å². The van der Waals surface area contributed by atoms with Crippen molar-refractivity contribution in [2.24, 2.45) is 10.5 Å². The number of likely N-dealkylation sites (N-methyl/N-ethyl adjacent to an activating group) is 1. The minimum absolute atomic E-state index is 0.0146. The van der Waals surface area contributed by atoms with Gasteiger partial charge < -0.3 is 29.3 Å². The number of hydrogen-bond acceptors (Lipinski definition) is 9. The van der Waals surface area contributed by atoms with Crippen LogP contribution >= 0.6 is 22.9 Å². The van der Waals surface area contributed by atoms with Crippen molar-refractivity contribution in [1.29, 1.82) is 0 Å². The molecular formula is C38H49ClF3N5O5S. The number of hydrogen-bond donors (Lipinski definition) is 2. The number of halogens is 4. The van der Waals surface area contributed by atoms with E-state index in [0.29, 0.717) is 54.7 Å². The largest absolute Gasteiger partial charge is 0.491 e. The predicted molar refractivity (Wildman–Crippen MR) is 204 cm³/mol. The molecule has 0 atom stereocenters. The maximum Gasteiger partial charge on any atom is 0.417 e. The number of fused-ring (bicyclic) bond motifs is 1. The maximum absolute atomic E-state index is 13.5. The summed E-state index contributed by atoms with van der Waals surface area (Å²) < 4.78 is 57.0. The molecule has 2 amide bonds. The van der Waals surface area contributed by atoms with Crippen LogP contribution in [0.5, 0.6) is 5.75 Å². The molecule has 0 fully saturated rings. The number of thiophene rings is 1. The molecule has 4 rings (SSSR count). The minimum atomic E-state index is -4.64. The van der Waals surface area contributed by atoms with Gasteiger partial charge in [-0.2, -0.15) is 18.3 Å². The Bertz CT molecular complexity index is 1720. The lowest BCUT2D eigenvalue weighted by Crippen LogP contribution is -2.27. The van der Waals surface area contributed by atoms with Gasteiger partial charge in [0.15, 0.2) is 0 Å². The van der Waals surface area contributed by atoms with E-state index in [1.165, 1.54) is 17.4 Å². The number of rotatable bonds is 19. The molecule has 0 aliphatic heterocycles. The summed E-state index contributed by atoms with van der Waals surface area (Å²) in [5, 5.41) is 6.76. The highest BCUT2D eigenvalue weighted by molar-refractivity contribution is 7.17. The summed E-state index contributed by atoms with van der Waals surface area (Å²) >= 11 is 7.06. The van der Waals surface area contributed by atoms with E-state index >= 15 is 0 Å². The zero-order valence-corrected chi connectivity index (χ0v) is 32.5. The highest BCUT2D eigenvalue weighted by Gasteiger charge is 2.34. The summed E-state index contributed by atoms with van der Waals surface area (Å²) in [6.45, 7) is 9.45. The van der Waals surface area contributed by atoms with Crippen molar-refractivity contribution in [3.05, 3.63) is 80.2 Å². The molecule has 0 saturated carbocycles. The molecule has 2 aromatic carbocycles. The fraction of sp³-hybridized carbons (Fsp3) is 0.500. The van der Waals surface area contributed by atoms with E-state index in [9.17, 15) is 22.8 Å². The number of hydrazone groups is 1. The summed E-state index contributed by atoms with van der Waals surface area (Å²) in [5.74, 6) is -0.516. The molecule has 0 radical (unpaired) electrons. The molecule has 3 aromatic rings. The van der Waals surface area contributed by atoms with E-state index in [4.69, 9.17) is 25.8 Å². The number of alkyl halides is 3. The summed E-state index contributed by atoms with van der Waals surface area (Å²) in [7, 11) is 6.23. The average Bonchev–Trinajstić information content (AvgIpc) is 3.43. The Morgan fingerprint density at radius 3 is 2.45 bits per heavy atom. The second-order valence-electron chi connectivity index (χ2n) is 14.0. The van der Waals surface area contributed by atoms with Gasteiger partial charge >= 0.3 is 6.18 Å². The van der Waals surface area contributed by atoms with E-state index in [2.05, 4.69) is 60.6 Å². The van der Waals surface area contributed by atoms with Gasteiger partial charge in [-0.3, -0.25) is 9.59 Å². The van der Waals surface area contributed by atoms with Gasteiger partial charge in [-0.25, -0.2) is 5.43 Å². The van der Waals surface area contributed by atoms with Crippen LogP contribution in [-0.2, 0) is 28.5 Å². The topological polar surface area (TPSA) is 105 Å². The Labute approximate surface area is 318 Å². The quantitative estimate of drug-likeness (QED) is 0.0751. The van der Waals surface area contributed by atoms with Crippen molar-refractivity contribution < 1.29 is 37.0 Å². The first-order chi connectivity index (χ1) is 25.1. The molecule has 0 unspecified atom stereocenters. The van der Waals surface area contributed by atoms with Gasteiger partial charge in [-0.15, -0.1) is 11.3 Å². The lowest BCUT2D eigenvalue weighted by atomic mass is 9.77. The molecule has 53 heavy (non-hydrogen) atoms. The van der Waals surface area contributed by atoms with Crippen LogP contribution in [0.15, 0.2) is 47.6 Å². The van der Waals surface area contributed by atoms with Crippen molar-refractivity contribution >= 4 is 46.0 Å². The zero-order chi connectivity index (χ0) is 38.6. The fourth-order valence-electron chi connectivity index (χ4n) is 5.73. The molecule has 0 spiro atoms. The number of carbonyl (C=O) groups is 2. The Morgan fingerprint density at radius 1 is 0.981 bits per heavy atom. The Balaban J connectivity index is 1.30. The van der Waals surface area contributed by atoms with Gasteiger partial charge in [0.1, 0.15) is 17.4 Å². The third-order valence-electron chi connectivity index (χ3n) is 8.64. The minimum Gasteiger partial charge on any atom is -0.491 e. The monoisotopic (exact) mass is 779 g/mol. The van der Waals surface area contributed by atoms with Crippen LogP contribution in [0, 0.1) is 5.41 Å². The Morgan fingerprint density at radius 2 is 1.72 bits per heavy atom. The molecule has 0 bridgehead atoms. The third-order valence-corrected chi connectivity index (χ3v) is 10.1. The number of nitrogens with zero attached hydrogens (tertiary/aromatic N) is 3. The SMILES string of the molecule is CN(C)CCCN(C)CCOCCOCCOc1cccc(C(=O)Nc2sc3c(c2C(=O)N/N=C/c2ccc(Cl)c(C(F)(F)F)c2)CCC(C)(C)C3)c1. The smallest absolute Gasteiger partial charge is 0.417 e. The van der Waals surface area contributed by atoms with Gasteiger partial charge in [0, 0.05) is 17.0 Å². The summed E-state index contributed by atoms with van der Waals surface area (Å²) in [6, 6.07) is 10.1. The van der Waals surface area contributed by atoms with E-state index in [1.54, 1.807) is 24.3 Å². The van der Waals surface area contributed by atoms with Gasteiger partial charge in [0.2, 0.25) is 0 Å². The van der Waals surface area contributed by atoms with Crippen molar-refractivity contribution in [2.75, 3.05) is 79.1 Å². The summed E-state index contributed by atoms with van der Waals surface area (Å²) in [4.78, 5) is 32.4. The summed E-state index contributed by atoms with van der Waals surface area (Å²) in [5.41, 5.74) is 3.00. The van der Waals surface area contributed by atoms with Gasteiger partial charge in [0.05, 0.1) is 48.8 Å². The van der Waals surface area contributed by atoms with Crippen LogP contribution in [-0.4, -0.2) is 102 Å². The van der Waals surface area contributed by atoms with Crippen molar-refractivity contribution in [3.8, 4) is 5.75 Å². The van der Waals surface area contributed by atoms with E-state index in [0.717, 1.165) is 67.7 Å². The number of anilines is 1. The molecule has 1 aromatic heterocycles. The molecule has 15 heteroatoms. The highest BCUT2D eigenvalue weighted by atomic mass is 35.5. The fourth-order valence-corrected chi connectivity index (χ4v) is 7.45. The van der Waals surface area contributed by atoms with Crippen molar-refractivity contribution in [2.45, 2.75) is 45.7 Å².